The van der Waals surface area contributed by atoms with Gasteiger partial charge in [-0.15, -0.1) is 0 Å². The summed E-state index contributed by atoms with van der Waals surface area (Å²) in [5, 5.41) is 3.52. The van der Waals surface area contributed by atoms with E-state index in [0.717, 1.165) is 23.8 Å². The number of rotatable bonds is 15. The summed E-state index contributed by atoms with van der Waals surface area (Å²) in [6.07, 6.45) is 2.50. The molecule has 0 spiro atoms. The smallest absolute Gasteiger partial charge is 0.243 e. The first-order valence-corrected chi connectivity index (χ1v) is 16.7. The van der Waals surface area contributed by atoms with E-state index in [9.17, 15) is 18.0 Å². The molecule has 3 rings (SSSR count). The van der Waals surface area contributed by atoms with Gasteiger partial charge in [-0.1, -0.05) is 67.1 Å². The van der Waals surface area contributed by atoms with Crippen LogP contribution in [0.3, 0.4) is 0 Å². The molecule has 0 heterocycles. The average Bonchev–Trinajstić information content (AvgIpc) is 2.98. The van der Waals surface area contributed by atoms with E-state index in [2.05, 4.69) is 5.32 Å². The first-order valence-electron chi connectivity index (χ1n) is 14.4. The van der Waals surface area contributed by atoms with E-state index in [1.165, 1.54) is 4.31 Å². The van der Waals surface area contributed by atoms with Gasteiger partial charge in [0.2, 0.25) is 21.8 Å². The molecule has 0 aliphatic rings. The van der Waals surface area contributed by atoms with Crippen molar-refractivity contribution in [2.45, 2.75) is 65.1 Å². The maximum absolute atomic E-state index is 14.0. The standard InChI is InChI=1S/C33H42ClN3O5S/c1-6-24(2)35-33(39)31(22-26-13-8-7-9-14-26)36(23-27-15-10-16-28(21-27)42-4)32(38)19-12-20-37(43(5,40)41)30-18-11-17-29(34)25(30)3/h7-11,13-18,21,24,31H,6,12,19-20,22-23H2,1-5H3,(H,35,39)/t24-,31-/m1/s1. The van der Waals surface area contributed by atoms with Gasteiger partial charge in [0.25, 0.3) is 0 Å². The number of hydrogen-bond acceptors (Lipinski definition) is 5. The summed E-state index contributed by atoms with van der Waals surface area (Å²) in [5.41, 5.74) is 2.86. The van der Waals surface area contributed by atoms with E-state index in [-0.39, 0.29) is 43.8 Å². The summed E-state index contributed by atoms with van der Waals surface area (Å²) < 4.78 is 32.2. The lowest BCUT2D eigenvalue weighted by Gasteiger charge is -2.33. The van der Waals surface area contributed by atoms with E-state index in [1.807, 2.05) is 68.4 Å². The minimum atomic E-state index is -3.65. The van der Waals surface area contributed by atoms with Crippen molar-refractivity contribution in [2.24, 2.45) is 0 Å². The minimum absolute atomic E-state index is 0.0392. The van der Waals surface area contributed by atoms with Gasteiger partial charge in [-0.2, -0.15) is 0 Å². The van der Waals surface area contributed by atoms with Crippen molar-refractivity contribution in [3.63, 3.8) is 0 Å². The molecule has 0 aliphatic carbocycles. The van der Waals surface area contributed by atoms with Crippen molar-refractivity contribution < 1.29 is 22.7 Å². The molecule has 232 valence electrons. The highest BCUT2D eigenvalue weighted by Crippen LogP contribution is 2.29. The van der Waals surface area contributed by atoms with Gasteiger partial charge >= 0.3 is 0 Å². The second-order valence-electron chi connectivity index (χ2n) is 10.7. The molecule has 2 amide bonds. The SMILES string of the molecule is CC[C@@H](C)NC(=O)[C@@H](Cc1ccccc1)N(Cc1cccc(OC)c1)C(=O)CCCN(c1cccc(Cl)c1C)S(C)(=O)=O. The van der Waals surface area contributed by atoms with Gasteiger partial charge in [0, 0.05) is 37.0 Å². The lowest BCUT2D eigenvalue weighted by molar-refractivity contribution is -0.141. The van der Waals surface area contributed by atoms with E-state index in [4.69, 9.17) is 16.3 Å². The van der Waals surface area contributed by atoms with Gasteiger partial charge in [-0.25, -0.2) is 8.42 Å². The van der Waals surface area contributed by atoms with E-state index >= 15 is 0 Å². The Morgan fingerprint density at radius 2 is 1.67 bits per heavy atom. The first kappa shape index (κ1) is 33.9. The topological polar surface area (TPSA) is 96.0 Å². The number of nitrogens with zero attached hydrogens (tertiary/aromatic N) is 2. The number of halogens is 1. The van der Waals surface area contributed by atoms with Crippen molar-refractivity contribution in [1.29, 1.82) is 0 Å². The molecular weight excluding hydrogens is 586 g/mol. The number of hydrogen-bond donors (Lipinski definition) is 1. The number of anilines is 1. The van der Waals surface area contributed by atoms with Crippen LogP contribution in [0.25, 0.3) is 0 Å². The van der Waals surface area contributed by atoms with Gasteiger partial charge in [0.05, 0.1) is 19.1 Å². The van der Waals surface area contributed by atoms with Crippen LogP contribution in [0, 0.1) is 6.92 Å². The predicted octanol–water partition coefficient (Wildman–Crippen LogP) is 5.76. The maximum Gasteiger partial charge on any atom is 0.243 e. The van der Waals surface area contributed by atoms with E-state index in [0.29, 0.717) is 28.4 Å². The van der Waals surface area contributed by atoms with Crippen molar-refractivity contribution in [1.82, 2.24) is 10.2 Å². The molecule has 0 unspecified atom stereocenters. The number of methoxy groups -OCH3 is 1. The fourth-order valence-corrected chi connectivity index (χ4v) is 6.00. The number of nitrogens with one attached hydrogen (secondary N) is 1. The summed E-state index contributed by atoms with van der Waals surface area (Å²) in [6.45, 7) is 5.96. The predicted molar refractivity (Wildman–Crippen MR) is 173 cm³/mol. The molecule has 0 bridgehead atoms. The van der Waals surface area contributed by atoms with Gasteiger partial charge < -0.3 is 15.0 Å². The molecule has 0 aromatic heterocycles. The van der Waals surface area contributed by atoms with Crippen molar-refractivity contribution in [2.75, 3.05) is 24.2 Å². The quantitative estimate of drug-likeness (QED) is 0.231. The Hall–Kier alpha value is -3.56. The number of sulfonamides is 1. The Morgan fingerprint density at radius 1 is 1.00 bits per heavy atom. The molecule has 0 aliphatic heterocycles. The molecule has 0 saturated heterocycles. The molecule has 43 heavy (non-hydrogen) atoms. The largest absolute Gasteiger partial charge is 0.497 e. The van der Waals surface area contributed by atoms with Crippen LogP contribution in [0.1, 0.15) is 49.8 Å². The van der Waals surface area contributed by atoms with Crippen LogP contribution in [0.2, 0.25) is 5.02 Å². The Bertz CT molecular complexity index is 1480. The average molecular weight is 628 g/mol. The fraction of sp³-hybridized carbons (Fsp3) is 0.394. The van der Waals surface area contributed by atoms with Crippen LogP contribution < -0.4 is 14.4 Å². The normalized spacial score (nSPS) is 12.7. The summed E-state index contributed by atoms with van der Waals surface area (Å²) in [6, 6.07) is 21.3. The molecule has 0 fully saturated rings. The fourth-order valence-electron chi connectivity index (χ4n) is 4.81. The summed E-state index contributed by atoms with van der Waals surface area (Å²) >= 11 is 6.28. The van der Waals surface area contributed by atoms with Crippen molar-refractivity contribution >= 4 is 39.1 Å². The Labute approximate surface area is 261 Å². The monoisotopic (exact) mass is 627 g/mol. The second-order valence-corrected chi connectivity index (χ2v) is 13.0. The zero-order chi connectivity index (χ0) is 31.6. The van der Waals surface area contributed by atoms with Gasteiger partial charge in [-0.05, 0) is 67.6 Å². The summed E-state index contributed by atoms with van der Waals surface area (Å²) in [7, 11) is -2.07. The summed E-state index contributed by atoms with van der Waals surface area (Å²) in [4.78, 5) is 29.3. The zero-order valence-corrected chi connectivity index (χ0v) is 27.1. The number of carbonyl (C=O) groups is 2. The third kappa shape index (κ3) is 9.73. The highest BCUT2D eigenvalue weighted by molar-refractivity contribution is 7.92. The Morgan fingerprint density at radius 3 is 2.33 bits per heavy atom. The van der Waals surface area contributed by atoms with Crippen LogP contribution in [-0.2, 0) is 32.6 Å². The Balaban J connectivity index is 1.93. The lowest BCUT2D eigenvalue weighted by atomic mass is 10.0. The zero-order valence-electron chi connectivity index (χ0n) is 25.5. The number of benzene rings is 3. The molecule has 3 aromatic rings. The molecule has 3 aromatic carbocycles. The van der Waals surface area contributed by atoms with Crippen LogP contribution in [0.15, 0.2) is 72.8 Å². The molecule has 0 radical (unpaired) electrons. The van der Waals surface area contributed by atoms with Crippen molar-refractivity contribution in [3.8, 4) is 5.75 Å². The van der Waals surface area contributed by atoms with Crippen molar-refractivity contribution in [3.05, 3.63) is 94.5 Å². The summed E-state index contributed by atoms with van der Waals surface area (Å²) in [5.74, 6) is 0.162. The van der Waals surface area contributed by atoms with Gasteiger partial charge in [-0.3, -0.25) is 13.9 Å². The van der Waals surface area contributed by atoms with Crippen LogP contribution >= 0.6 is 11.6 Å². The van der Waals surface area contributed by atoms with E-state index < -0.39 is 16.1 Å². The van der Waals surface area contributed by atoms with Gasteiger partial charge in [0.1, 0.15) is 11.8 Å². The molecule has 2 atom stereocenters. The highest BCUT2D eigenvalue weighted by Gasteiger charge is 2.31. The number of carbonyl (C=O) groups excluding carboxylic acids is 2. The van der Waals surface area contributed by atoms with E-state index in [1.54, 1.807) is 37.1 Å². The van der Waals surface area contributed by atoms with Crippen LogP contribution in [0.5, 0.6) is 5.75 Å². The molecule has 8 nitrogen and oxygen atoms in total. The maximum atomic E-state index is 14.0. The molecular formula is C33H42ClN3O5S. The Kier molecular flexibility index (Phi) is 12.5. The van der Waals surface area contributed by atoms with Crippen LogP contribution in [0.4, 0.5) is 5.69 Å². The number of amides is 2. The highest BCUT2D eigenvalue weighted by atomic mass is 35.5. The number of ether oxygens (including phenoxy) is 1. The third-order valence-electron chi connectivity index (χ3n) is 7.42. The third-order valence-corrected chi connectivity index (χ3v) is 9.01. The lowest BCUT2D eigenvalue weighted by Crippen LogP contribution is -2.52. The first-order chi connectivity index (χ1) is 20.4. The van der Waals surface area contributed by atoms with Gasteiger partial charge in [0.15, 0.2) is 0 Å². The molecule has 10 heteroatoms. The molecule has 1 N–H and O–H groups in total. The van der Waals surface area contributed by atoms with Crippen LogP contribution in [-0.4, -0.2) is 57.1 Å². The molecule has 0 saturated carbocycles. The minimum Gasteiger partial charge on any atom is -0.497 e. The second kappa shape index (κ2) is 15.8.